The van der Waals surface area contributed by atoms with E-state index in [0.29, 0.717) is 12.3 Å². The molecule has 0 spiro atoms. The Bertz CT molecular complexity index is 587. The van der Waals surface area contributed by atoms with E-state index in [2.05, 4.69) is 26.8 Å². The summed E-state index contributed by atoms with van der Waals surface area (Å²) in [4.78, 5) is 12.9. The molecule has 2 N–H and O–H groups in total. The van der Waals surface area contributed by atoms with Gasteiger partial charge in [0.1, 0.15) is 0 Å². The number of fused-ring (bicyclic) bond motifs is 2. The minimum absolute atomic E-state index is 0.0630. The molecule has 2 aliphatic rings. The highest BCUT2D eigenvalue weighted by atomic mass is 16.1. The predicted molar refractivity (Wildman–Crippen MR) is 82.0 cm³/mol. The number of benzene rings is 1. The summed E-state index contributed by atoms with van der Waals surface area (Å²) in [5.74, 6) is 0.308. The molecule has 2 fully saturated rings. The van der Waals surface area contributed by atoms with Crippen molar-refractivity contribution >= 4 is 11.9 Å². The van der Waals surface area contributed by atoms with E-state index in [1.165, 1.54) is 0 Å². The van der Waals surface area contributed by atoms with Gasteiger partial charge in [0, 0.05) is 22.9 Å². The maximum Gasteiger partial charge on any atom is 0.165 e. The lowest BCUT2D eigenvalue weighted by Crippen LogP contribution is -2.40. The highest BCUT2D eigenvalue weighted by Gasteiger charge is 2.71. The van der Waals surface area contributed by atoms with Gasteiger partial charge in [-0.1, -0.05) is 51.1 Å². The molecule has 2 bridgehead atoms. The van der Waals surface area contributed by atoms with E-state index < -0.39 is 0 Å². The molecule has 0 amide bonds. The molecule has 106 valence electrons. The molecule has 2 nitrogen and oxygen atoms in total. The molecule has 2 atom stereocenters. The maximum absolute atomic E-state index is 12.9. The van der Waals surface area contributed by atoms with Crippen molar-refractivity contribution in [1.29, 1.82) is 0 Å². The highest BCUT2D eigenvalue weighted by Crippen LogP contribution is 2.72. The Labute approximate surface area is 121 Å². The second-order valence-corrected chi connectivity index (χ2v) is 7.04. The molecule has 1 aromatic carbocycles. The van der Waals surface area contributed by atoms with E-state index >= 15 is 0 Å². The molecule has 20 heavy (non-hydrogen) atoms. The van der Waals surface area contributed by atoms with Crippen LogP contribution in [0.1, 0.15) is 39.2 Å². The molecule has 0 aromatic heterocycles. The smallest absolute Gasteiger partial charge is 0.165 e. The lowest BCUT2D eigenvalue weighted by molar-refractivity contribution is -0.125. The van der Waals surface area contributed by atoms with E-state index in [1.807, 2.05) is 30.3 Å². The summed E-state index contributed by atoms with van der Waals surface area (Å²) in [5, 5.41) is 0. The van der Waals surface area contributed by atoms with Gasteiger partial charge in [-0.15, -0.1) is 0 Å². The van der Waals surface area contributed by atoms with Gasteiger partial charge in [0.25, 0.3) is 0 Å². The van der Waals surface area contributed by atoms with Crippen LogP contribution < -0.4 is 5.73 Å². The van der Waals surface area contributed by atoms with Crippen molar-refractivity contribution in [3.63, 3.8) is 0 Å². The van der Waals surface area contributed by atoms with Gasteiger partial charge < -0.3 is 5.73 Å². The summed E-state index contributed by atoms with van der Waals surface area (Å²) in [6, 6.07) is 10.1. The molecule has 0 heterocycles. The summed E-state index contributed by atoms with van der Waals surface area (Å²) < 4.78 is 0. The van der Waals surface area contributed by atoms with Gasteiger partial charge in [-0.2, -0.15) is 0 Å². The number of ketones is 1. The molecular weight excluding hydrogens is 246 g/mol. The fourth-order valence-corrected chi connectivity index (χ4v) is 4.39. The number of carbonyl (C=O) groups excluding carboxylic acids is 1. The standard InChI is InChI=1S/C18H23NO/c1-16(2)17(3)9-10-18(16,12-19)14(15(17)20)11-13-7-5-4-6-8-13/h4-8,11H,9-10,12,19H2,1-3H3. The summed E-state index contributed by atoms with van der Waals surface area (Å²) in [7, 11) is 0. The first-order valence-electron chi connectivity index (χ1n) is 7.41. The van der Waals surface area contributed by atoms with Gasteiger partial charge in [-0.3, -0.25) is 4.79 Å². The molecule has 2 saturated carbocycles. The van der Waals surface area contributed by atoms with Crippen molar-refractivity contribution in [3.05, 3.63) is 41.5 Å². The van der Waals surface area contributed by atoms with E-state index in [-0.39, 0.29) is 16.2 Å². The lowest BCUT2D eigenvalue weighted by atomic mass is 9.64. The second kappa shape index (κ2) is 4.05. The molecule has 2 unspecified atom stereocenters. The van der Waals surface area contributed by atoms with Gasteiger partial charge in [0.15, 0.2) is 5.78 Å². The monoisotopic (exact) mass is 269 g/mol. The van der Waals surface area contributed by atoms with Crippen LogP contribution in [0.2, 0.25) is 0 Å². The Morgan fingerprint density at radius 2 is 1.80 bits per heavy atom. The third-order valence-corrected chi connectivity index (χ3v) is 6.35. The first kappa shape index (κ1) is 13.6. The van der Waals surface area contributed by atoms with Crippen LogP contribution in [0.5, 0.6) is 0 Å². The fourth-order valence-electron chi connectivity index (χ4n) is 4.39. The molecule has 0 aliphatic heterocycles. The Balaban J connectivity index is 2.18. The third-order valence-electron chi connectivity index (χ3n) is 6.35. The molecule has 1 aromatic rings. The topological polar surface area (TPSA) is 43.1 Å². The zero-order valence-electron chi connectivity index (χ0n) is 12.6. The maximum atomic E-state index is 12.9. The van der Waals surface area contributed by atoms with Crippen molar-refractivity contribution in [1.82, 2.24) is 0 Å². The summed E-state index contributed by atoms with van der Waals surface area (Å²) >= 11 is 0. The van der Waals surface area contributed by atoms with Crippen LogP contribution in [0.15, 0.2) is 35.9 Å². The van der Waals surface area contributed by atoms with E-state index in [9.17, 15) is 4.79 Å². The number of nitrogens with two attached hydrogens (primary N) is 1. The summed E-state index contributed by atoms with van der Waals surface area (Å²) in [5.41, 5.74) is 7.72. The number of Topliss-reactive ketones (excluding diaryl/α,β-unsaturated/α-hetero) is 1. The summed E-state index contributed by atoms with van der Waals surface area (Å²) in [6.45, 7) is 7.12. The zero-order valence-corrected chi connectivity index (χ0v) is 12.6. The van der Waals surface area contributed by atoms with Gasteiger partial charge in [-0.25, -0.2) is 0 Å². The van der Waals surface area contributed by atoms with Crippen LogP contribution >= 0.6 is 0 Å². The normalized spacial score (nSPS) is 36.8. The van der Waals surface area contributed by atoms with Gasteiger partial charge in [0.2, 0.25) is 0 Å². The van der Waals surface area contributed by atoms with Crippen molar-refractivity contribution in [2.24, 2.45) is 22.0 Å². The van der Waals surface area contributed by atoms with Crippen molar-refractivity contribution in [2.75, 3.05) is 6.54 Å². The third kappa shape index (κ3) is 1.35. The Hall–Kier alpha value is -1.41. The van der Waals surface area contributed by atoms with E-state index in [1.54, 1.807) is 0 Å². The SMILES string of the molecule is CC12CCC(CN)(C(=Cc3ccccc3)C1=O)C2(C)C. The molecule has 3 rings (SSSR count). The van der Waals surface area contributed by atoms with Crippen LogP contribution in [0.25, 0.3) is 6.08 Å². The van der Waals surface area contributed by atoms with Gasteiger partial charge in [0.05, 0.1) is 0 Å². The molecular formula is C18H23NO. The number of hydrogen-bond donors (Lipinski definition) is 1. The second-order valence-electron chi connectivity index (χ2n) is 7.04. The first-order chi connectivity index (χ1) is 9.39. The minimum atomic E-state index is -0.257. The Kier molecular flexibility index (Phi) is 2.74. The average Bonchev–Trinajstić information content (AvgIpc) is 2.71. The fraction of sp³-hybridized carbons (Fsp3) is 0.500. The quantitative estimate of drug-likeness (QED) is 0.836. The molecule has 2 aliphatic carbocycles. The number of carbonyl (C=O) groups is 1. The summed E-state index contributed by atoms with van der Waals surface area (Å²) in [6.07, 6.45) is 4.06. The Morgan fingerprint density at radius 1 is 1.15 bits per heavy atom. The zero-order chi connectivity index (χ0) is 14.6. The van der Waals surface area contributed by atoms with Crippen LogP contribution in [-0.2, 0) is 4.79 Å². The van der Waals surface area contributed by atoms with E-state index in [0.717, 1.165) is 24.0 Å². The lowest BCUT2D eigenvalue weighted by Gasteiger charge is -2.39. The van der Waals surface area contributed by atoms with Gasteiger partial charge in [-0.05, 0) is 29.9 Å². The van der Waals surface area contributed by atoms with E-state index in [4.69, 9.17) is 5.73 Å². The van der Waals surface area contributed by atoms with Crippen molar-refractivity contribution in [3.8, 4) is 0 Å². The van der Waals surface area contributed by atoms with Crippen LogP contribution in [0.4, 0.5) is 0 Å². The van der Waals surface area contributed by atoms with Crippen LogP contribution in [0.3, 0.4) is 0 Å². The molecule has 0 saturated heterocycles. The van der Waals surface area contributed by atoms with Crippen molar-refractivity contribution < 1.29 is 4.79 Å². The first-order valence-corrected chi connectivity index (χ1v) is 7.41. The number of hydrogen-bond acceptors (Lipinski definition) is 2. The Morgan fingerprint density at radius 3 is 2.40 bits per heavy atom. The largest absolute Gasteiger partial charge is 0.330 e. The highest BCUT2D eigenvalue weighted by molar-refractivity contribution is 6.09. The van der Waals surface area contributed by atoms with Crippen LogP contribution in [-0.4, -0.2) is 12.3 Å². The van der Waals surface area contributed by atoms with Crippen LogP contribution in [0, 0.1) is 16.2 Å². The predicted octanol–water partition coefficient (Wildman–Crippen LogP) is 3.42. The van der Waals surface area contributed by atoms with Gasteiger partial charge >= 0.3 is 0 Å². The van der Waals surface area contributed by atoms with Crippen molar-refractivity contribution in [2.45, 2.75) is 33.6 Å². The minimum Gasteiger partial charge on any atom is -0.330 e. The molecule has 2 heteroatoms. The molecule has 0 radical (unpaired) electrons. The average molecular weight is 269 g/mol. The number of rotatable bonds is 2.